The summed E-state index contributed by atoms with van der Waals surface area (Å²) in [6.07, 6.45) is 6.00. The Morgan fingerprint density at radius 3 is 2.61 bits per heavy atom. The molecule has 18 heavy (non-hydrogen) atoms. The van der Waals surface area contributed by atoms with E-state index in [0.29, 0.717) is 5.95 Å². The Kier molecular flexibility index (Phi) is 2.95. The number of anilines is 1. The Balaban J connectivity index is 1.71. The van der Waals surface area contributed by atoms with Gasteiger partial charge >= 0.3 is 0 Å². The van der Waals surface area contributed by atoms with Gasteiger partial charge in [-0.2, -0.15) is 0 Å². The van der Waals surface area contributed by atoms with E-state index in [9.17, 15) is 5.11 Å². The molecule has 1 saturated heterocycles. The summed E-state index contributed by atoms with van der Waals surface area (Å²) in [5.41, 5.74) is 1.02. The fourth-order valence-corrected chi connectivity index (χ4v) is 3.02. The van der Waals surface area contributed by atoms with Crippen molar-refractivity contribution in [2.24, 2.45) is 5.41 Å². The van der Waals surface area contributed by atoms with Crippen LogP contribution in [0.4, 0.5) is 5.95 Å². The first kappa shape index (κ1) is 11.9. The average molecular weight is 249 g/mol. The van der Waals surface area contributed by atoms with Crippen LogP contribution in [0.1, 0.15) is 24.8 Å². The summed E-state index contributed by atoms with van der Waals surface area (Å²) in [7, 11) is 0. The van der Waals surface area contributed by atoms with Gasteiger partial charge in [-0.1, -0.05) is 0 Å². The van der Waals surface area contributed by atoms with Crippen LogP contribution in [0.2, 0.25) is 0 Å². The number of aliphatic hydroxyl groups excluding tert-OH is 1. The van der Waals surface area contributed by atoms with E-state index in [1.807, 2.05) is 6.92 Å². The van der Waals surface area contributed by atoms with Crippen molar-refractivity contribution in [3.63, 3.8) is 0 Å². The number of aryl methyl sites for hydroxylation is 1. The van der Waals surface area contributed by atoms with Gasteiger partial charge in [0, 0.05) is 37.1 Å². The largest absolute Gasteiger partial charge is 0.392 e. The summed E-state index contributed by atoms with van der Waals surface area (Å²) in [6.45, 7) is 3.45. The lowest BCUT2D eigenvalue weighted by atomic mass is 9.58. The Morgan fingerprint density at radius 1 is 1.33 bits per heavy atom. The molecule has 5 heteroatoms. The summed E-state index contributed by atoms with van der Waals surface area (Å²) in [4.78, 5) is 8.54. The predicted molar refractivity (Wildman–Crippen MR) is 67.3 cm³/mol. The van der Waals surface area contributed by atoms with Gasteiger partial charge in [-0.3, -0.25) is 0 Å². The molecule has 0 bridgehead atoms. The number of nitrogens with one attached hydrogen (secondary N) is 1. The molecule has 98 valence electrons. The molecule has 1 saturated carbocycles. The SMILES string of the molecule is Cc1cnc(N[C@@H]2C[C@@H](O)C23CCOCC3)nc1. The highest BCUT2D eigenvalue weighted by Crippen LogP contribution is 2.49. The van der Waals surface area contributed by atoms with Crippen molar-refractivity contribution >= 4 is 5.95 Å². The van der Waals surface area contributed by atoms with Gasteiger partial charge in [0.25, 0.3) is 0 Å². The van der Waals surface area contributed by atoms with Crippen molar-refractivity contribution in [3.05, 3.63) is 18.0 Å². The highest BCUT2D eigenvalue weighted by Gasteiger charge is 2.55. The number of ether oxygens (including phenoxy) is 1. The van der Waals surface area contributed by atoms with Crippen molar-refractivity contribution in [1.82, 2.24) is 9.97 Å². The van der Waals surface area contributed by atoms with Crippen LogP contribution >= 0.6 is 0 Å². The maximum Gasteiger partial charge on any atom is 0.222 e. The Morgan fingerprint density at radius 2 is 2.00 bits per heavy atom. The highest BCUT2D eigenvalue weighted by molar-refractivity contribution is 5.30. The van der Waals surface area contributed by atoms with Gasteiger partial charge in [-0.25, -0.2) is 9.97 Å². The number of rotatable bonds is 2. The van der Waals surface area contributed by atoms with Gasteiger partial charge in [-0.15, -0.1) is 0 Å². The van der Waals surface area contributed by atoms with Gasteiger partial charge in [-0.05, 0) is 31.7 Å². The highest BCUT2D eigenvalue weighted by atomic mass is 16.5. The summed E-state index contributed by atoms with van der Waals surface area (Å²) in [5, 5.41) is 13.4. The third kappa shape index (κ3) is 1.87. The molecule has 3 rings (SSSR count). The van der Waals surface area contributed by atoms with Crippen LogP contribution < -0.4 is 5.32 Å². The zero-order chi connectivity index (χ0) is 12.6. The van der Waals surface area contributed by atoms with Crippen molar-refractivity contribution in [2.45, 2.75) is 38.3 Å². The smallest absolute Gasteiger partial charge is 0.222 e. The minimum absolute atomic E-state index is 0.0352. The number of hydrogen-bond acceptors (Lipinski definition) is 5. The summed E-state index contributed by atoms with van der Waals surface area (Å²) >= 11 is 0. The zero-order valence-electron chi connectivity index (χ0n) is 10.6. The number of aromatic nitrogens is 2. The third-order valence-electron chi connectivity index (χ3n) is 4.32. The maximum atomic E-state index is 10.1. The molecule has 2 heterocycles. The van der Waals surface area contributed by atoms with Gasteiger partial charge in [0.05, 0.1) is 6.10 Å². The van der Waals surface area contributed by atoms with Crippen molar-refractivity contribution in [1.29, 1.82) is 0 Å². The minimum Gasteiger partial charge on any atom is -0.392 e. The second kappa shape index (κ2) is 4.48. The molecule has 1 spiro atoms. The molecule has 1 aromatic heterocycles. The number of aliphatic hydroxyl groups is 1. The summed E-state index contributed by atoms with van der Waals surface area (Å²) in [6, 6.07) is 0.263. The fourth-order valence-electron chi connectivity index (χ4n) is 3.02. The molecule has 0 radical (unpaired) electrons. The second-order valence-electron chi connectivity index (χ2n) is 5.38. The van der Waals surface area contributed by atoms with Crippen molar-refractivity contribution < 1.29 is 9.84 Å². The molecule has 2 fully saturated rings. The van der Waals surface area contributed by atoms with E-state index in [2.05, 4.69) is 15.3 Å². The first-order valence-corrected chi connectivity index (χ1v) is 6.52. The first-order valence-electron chi connectivity index (χ1n) is 6.52. The van der Waals surface area contributed by atoms with E-state index in [0.717, 1.165) is 38.0 Å². The fraction of sp³-hybridized carbons (Fsp3) is 0.692. The molecule has 0 amide bonds. The van der Waals surface area contributed by atoms with Crippen LogP contribution in [0, 0.1) is 12.3 Å². The van der Waals surface area contributed by atoms with Crippen LogP contribution in [0.15, 0.2) is 12.4 Å². The van der Waals surface area contributed by atoms with Gasteiger partial charge < -0.3 is 15.2 Å². The molecular formula is C13H19N3O2. The molecule has 1 aliphatic carbocycles. The molecule has 0 unspecified atom stereocenters. The number of nitrogens with zero attached hydrogens (tertiary/aromatic N) is 2. The average Bonchev–Trinajstić information content (AvgIpc) is 2.42. The van der Waals surface area contributed by atoms with Crippen LogP contribution in [0.5, 0.6) is 0 Å². The van der Waals surface area contributed by atoms with Gasteiger partial charge in [0.1, 0.15) is 0 Å². The van der Waals surface area contributed by atoms with E-state index in [4.69, 9.17) is 4.74 Å². The Labute approximate surface area is 107 Å². The van der Waals surface area contributed by atoms with E-state index in [-0.39, 0.29) is 17.6 Å². The van der Waals surface area contributed by atoms with E-state index >= 15 is 0 Å². The van der Waals surface area contributed by atoms with Gasteiger partial charge in [0.2, 0.25) is 5.95 Å². The summed E-state index contributed by atoms with van der Waals surface area (Å²) < 4.78 is 5.39. The van der Waals surface area contributed by atoms with Crippen LogP contribution in [-0.4, -0.2) is 40.4 Å². The lowest BCUT2D eigenvalue weighted by Crippen LogP contribution is -2.62. The van der Waals surface area contributed by atoms with Crippen LogP contribution in [0.3, 0.4) is 0 Å². The molecule has 2 N–H and O–H groups in total. The topological polar surface area (TPSA) is 67.3 Å². The van der Waals surface area contributed by atoms with Crippen LogP contribution in [0.25, 0.3) is 0 Å². The zero-order valence-corrected chi connectivity index (χ0v) is 10.6. The second-order valence-corrected chi connectivity index (χ2v) is 5.38. The maximum absolute atomic E-state index is 10.1. The lowest BCUT2D eigenvalue weighted by Gasteiger charge is -2.55. The molecule has 1 aliphatic heterocycles. The lowest BCUT2D eigenvalue weighted by molar-refractivity contribution is -0.133. The summed E-state index contributed by atoms with van der Waals surface area (Å²) in [5.74, 6) is 0.656. The monoisotopic (exact) mass is 249 g/mol. The van der Waals surface area contributed by atoms with Gasteiger partial charge in [0.15, 0.2) is 0 Å². The quantitative estimate of drug-likeness (QED) is 0.822. The normalized spacial score (nSPS) is 29.9. The molecule has 2 atom stereocenters. The molecule has 1 aromatic rings. The van der Waals surface area contributed by atoms with E-state index in [1.54, 1.807) is 12.4 Å². The first-order chi connectivity index (χ1) is 8.71. The van der Waals surface area contributed by atoms with E-state index < -0.39 is 0 Å². The Hall–Kier alpha value is -1.20. The van der Waals surface area contributed by atoms with Crippen molar-refractivity contribution in [2.75, 3.05) is 18.5 Å². The molecule has 0 aromatic carbocycles. The molecule has 5 nitrogen and oxygen atoms in total. The Bertz CT molecular complexity index is 415. The standard InChI is InChI=1S/C13H19N3O2/c1-9-7-14-12(15-8-9)16-10-6-11(17)13(10)2-4-18-5-3-13/h7-8,10-11,17H,2-6H2,1H3,(H,14,15,16)/t10-,11-/m1/s1. The molecule has 2 aliphatic rings. The third-order valence-corrected chi connectivity index (χ3v) is 4.32. The molecular weight excluding hydrogens is 230 g/mol. The van der Waals surface area contributed by atoms with Crippen molar-refractivity contribution in [3.8, 4) is 0 Å². The predicted octanol–water partition coefficient (Wildman–Crippen LogP) is 1.13. The number of hydrogen-bond donors (Lipinski definition) is 2. The van der Waals surface area contributed by atoms with Crippen LogP contribution in [-0.2, 0) is 4.74 Å². The van der Waals surface area contributed by atoms with E-state index in [1.165, 1.54) is 0 Å². The minimum atomic E-state index is -0.218.